The molecule has 0 aromatic heterocycles. The Labute approximate surface area is 604 Å². The van der Waals surface area contributed by atoms with Crippen LogP contribution in [-0.4, -0.2) is 121 Å². The van der Waals surface area contributed by atoms with Gasteiger partial charge in [0.05, 0.1) is 50.0 Å². The van der Waals surface area contributed by atoms with Crippen LogP contribution < -0.4 is 39.6 Å². The molecule has 9 aromatic rings. The Morgan fingerprint density at radius 1 is 0.385 bits per heavy atom. The molecule has 10 N–H and O–H groups in total. The fourth-order valence-electron chi connectivity index (χ4n) is 12.2. The predicted octanol–water partition coefficient (Wildman–Crippen LogP) is 11.9. The topological polar surface area (TPSA) is 413 Å². The highest BCUT2D eigenvalue weighted by Gasteiger charge is 2.36. The average Bonchev–Trinajstić information content (AvgIpc) is 0.752. The summed E-state index contributed by atoms with van der Waals surface area (Å²) < 4.78 is 178. The summed E-state index contributed by atoms with van der Waals surface area (Å²) in [7, 11) is -20.6. The van der Waals surface area contributed by atoms with E-state index in [2.05, 4.69) is 84.9 Å². The number of ether oxygens (including phenoxy) is 2. The summed E-state index contributed by atoms with van der Waals surface area (Å²) in [6, 6.07) is 34.0. The van der Waals surface area contributed by atoms with Crippen LogP contribution in [0.15, 0.2) is 155 Å². The van der Waals surface area contributed by atoms with E-state index in [1.165, 1.54) is 62.8 Å². The summed E-state index contributed by atoms with van der Waals surface area (Å²) in [5.74, 6) is 0.679. The molecule has 104 heavy (non-hydrogen) atoms. The number of nitrogens with one attached hydrogen (secondary N) is 6. The Morgan fingerprint density at radius 2 is 0.663 bits per heavy atom. The van der Waals surface area contributed by atoms with Gasteiger partial charge in [0.25, 0.3) is 30.1 Å². The maximum absolute atomic E-state index is 13.1. The summed E-state index contributed by atoms with van der Waals surface area (Å²) in [5.41, 5.74) is 3.12. The molecular weight excluding hydrogens is 1460 g/mol. The molecule has 3 aliphatic rings. The number of nitrogens with zero attached hydrogens (tertiary/aromatic N) is 3. The lowest BCUT2D eigenvalue weighted by Gasteiger charge is -2.24. The lowest BCUT2D eigenvalue weighted by atomic mass is 9.92. The van der Waals surface area contributed by atoms with E-state index in [0.29, 0.717) is 75.8 Å². The van der Waals surface area contributed by atoms with Gasteiger partial charge in [-0.25, -0.2) is 25.3 Å². The highest BCUT2D eigenvalue weighted by Crippen LogP contribution is 2.47. The fraction of sp³-hybridized carbons (Fsp3) is 0.282. The lowest BCUT2D eigenvalue weighted by Crippen LogP contribution is -2.24. The van der Waals surface area contributed by atoms with Crippen molar-refractivity contribution in [1.82, 2.24) is 0 Å². The summed E-state index contributed by atoms with van der Waals surface area (Å²) in [5, 5.41) is 57.7. The van der Waals surface area contributed by atoms with Gasteiger partial charge in [-0.15, -0.1) is 13.2 Å². The van der Waals surface area contributed by atoms with Crippen molar-refractivity contribution in [3.05, 3.63) is 161 Å². The van der Waals surface area contributed by atoms with Crippen LogP contribution in [0, 0.1) is 17.8 Å². The Bertz CT molecular complexity index is 5660. The van der Waals surface area contributed by atoms with E-state index in [9.17, 15) is 70.9 Å². The van der Waals surface area contributed by atoms with E-state index < -0.39 is 60.1 Å². The van der Waals surface area contributed by atoms with Gasteiger partial charge in [-0.3, -0.25) is 14.2 Å². The zero-order valence-electron chi connectivity index (χ0n) is 58.4. The number of methoxy groups -OCH3 is 2. The first kappa shape index (κ1) is 76.7. The number of fused-ring (bicyclic) bond motifs is 6. The molecule has 0 radical (unpaired) electrons. The summed E-state index contributed by atoms with van der Waals surface area (Å²) in [4.78, 5) is -0.604. The first-order valence-corrected chi connectivity index (χ1v) is 42.5. The molecule has 3 heterocycles. The van der Waals surface area contributed by atoms with Crippen molar-refractivity contribution in [2.75, 3.05) is 63.1 Å². The molecule has 27 nitrogen and oxygen atoms in total. The smallest absolute Gasteiger partial charge is 0.286 e. The molecule has 9 aromatic carbocycles. The van der Waals surface area contributed by atoms with Crippen LogP contribution in [0.25, 0.3) is 32.3 Å². The number of aromatic hydroxyl groups is 4. The molecule has 3 aliphatic heterocycles. The Hall–Kier alpha value is -9.93. The maximum Gasteiger partial charge on any atom is 0.286 e. The van der Waals surface area contributed by atoms with Gasteiger partial charge in [0.1, 0.15) is 65.9 Å². The number of phenolic OH excluding ortho intramolecular Hbond substituents is 4. The molecule has 0 fully saturated rings. The van der Waals surface area contributed by atoms with Gasteiger partial charge in [0.2, 0.25) is 30.1 Å². The van der Waals surface area contributed by atoms with Crippen molar-refractivity contribution in [3.63, 3.8) is 0 Å². The van der Waals surface area contributed by atoms with Gasteiger partial charge in [0, 0.05) is 49.9 Å². The number of benzene rings is 9. The van der Waals surface area contributed by atoms with Crippen molar-refractivity contribution in [2.24, 2.45) is 30.9 Å². The molecule has 0 bridgehead atoms. The number of hydrogen-bond donors (Lipinski definition) is 10. The second-order valence-corrected chi connectivity index (χ2v) is 36.3. The Balaban J connectivity index is 0.000000167. The lowest BCUT2D eigenvalue weighted by molar-refractivity contribution is 0.401. The molecule has 0 saturated carbocycles. The zero-order valence-corrected chi connectivity index (χ0v) is 63.3. The van der Waals surface area contributed by atoms with Crippen molar-refractivity contribution < 1.29 is 80.4 Å². The number of amidine groups is 3. The standard InChI is InChI=1S/2C24H27N3O6S2.C23H25N3O6S2/c1-14(2)9-11-17-16-7-5-6-8-18(16)23(33-3)21(22(17)28)24-25-19-12-10-15(26-34(4,29)30)13-20(19)35(31,32)27-24;1-14(2)9-11-18-16-7-5-6-8-17(16)22(28)21(23(18)33-3)24-25-19-12-10-15(26-34(4,29)30)13-20(19)35(31,32)27-24;1-13(2)8-10-17-15-6-4-5-7-16(15)21(27)20(22(17)28)23-24-18-11-9-14(25-33(3,29)30)12-19(18)34(31,32)26-23/h2*5-8,10,12-14,26,28H,9,11H2,1-4H3,(H,25,27);4-7,9,11-13,25,27-28H,8,10H2,1-3H3,(H,24,26). The van der Waals surface area contributed by atoms with Gasteiger partial charge in [-0.1, -0.05) is 114 Å². The highest BCUT2D eigenvalue weighted by atomic mass is 32.2. The van der Waals surface area contributed by atoms with Crippen LogP contribution in [0.1, 0.15) is 94.2 Å². The average molecular weight is 1540 g/mol. The third-order valence-electron chi connectivity index (χ3n) is 16.9. The summed E-state index contributed by atoms with van der Waals surface area (Å²) in [6.45, 7) is 12.5. The van der Waals surface area contributed by atoms with E-state index in [4.69, 9.17) is 9.47 Å². The predicted molar refractivity (Wildman–Crippen MR) is 408 cm³/mol. The minimum Gasteiger partial charge on any atom is -0.507 e. The molecule has 0 atom stereocenters. The zero-order chi connectivity index (χ0) is 75.9. The second-order valence-electron chi connectivity index (χ2n) is 26.3. The van der Waals surface area contributed by atoms with E-state index >= 15 is 0 Å². The minimum absolute atomic E-state index is 0.0673. The summed E-state index contributed by atoms with van der Waals surface area (Å²) >= 11 is 0. The van der Waals surface area contributed by atoms with Gasteiger partial charge < -0.3 is 45.9 Å². The van der Waals surface area contributed by atoms with E-state index in [1.807, 2.05) is 36.4 Å². The Morgan fingerprint density at radius 3 is 1.00 bits per heavy atom. The minimum atomic E-state index is -4.27. The molecule has 552 valence electrons. The van der Waals surface area contributed by atoms with Gasteiger partial charge in [-0.2, -0.15) is 25.3 Å². The quantitative estimate of drug-likeness (QED) is 0.0339. The fourth-order valence-corrected chi connectivity index (χ4v) is 17.3. The van der Waals surface area contributed by atoms with Crippen LogP contribution in [0.3, 0.4) is 0 Å². The third kappa shape index (κ3) is 16.8. The number of rotatable bonds is 20. The van der Waals surface area contributed by atoms with Crippen molar-refractivity contribution in [2.45, 2.75) is 94.8 Å². The Kier molecular flexibility index (Phi) is 21.9. The number of hydrogen-bond acceptors (Lipinski definition) is 21. The normalized spacial score (nSPS) is 14.9. The number of aryl methyl sites for hydroxylation is 3. The molecule has 0 amide bonds. The molecular formula is C71H79N9O18S6. The van der Waals surface area contributed by atoms with Gasteiger partial charge in [0.15, 0.2) is 17.5 Å². The first-order chi connectivity index (χ1) is 48.7. The monoisotopic (exact) mass is 1540 g/mol. The van der Waals surface area contributed by atoms with Crippen molar-refractivity contribution in [1.29, 1.82) is 0 Å². The van der Waals surface area contributed by atoms with Crippen LogP contribution in [-0.2, 0) is 79.4 Å². The van der Waals surface area contributed by atoms with Crippen molar-refractivity contribution in [3.8, 4) is 34.5 Å². The van der Waals surface area contributed by atoms with Crippen LogP contribution in [0.5, 0.6) is 34.5 Å². The van der Waals surface area contributed by atoms with Crippen molar-refractivity contribution >= 4 is 144 Å². The molecule has 0 spiro atoms. The molecule has 33 heteroatoms. The van der Waals surface area contributed by atoms with Crippen LogP contribution >= 0.6 is 0 Å². The maximum atomic E-state index is 13.1. The molecule has 0 aliphatic carbocycles. The van der Waals surface area contributed by atoms with E-state index in [-0.39, 0.29) is 106 Å². The SMILES string of the molecule is CC(C)CCc1c(O)c(C2=NS(=O)(=O)c3cc(NS(C)(=O)=O)ccc3N2)c(O)c2ccccc12.COc1c(C2=NS(=O)(=O)c3cc(NS(C)(=O)=O)ccc3N2)c(O)c(CCC(C)C)c2ccccc12.COc1c(C2=NS(=O)(=O)c3cc(NS(C)(=O)=O)ccc3N2)c(O)c2ccccc2c1CCC(C)C. The van der Waals surface area contributed by atoms with Crippen LogP contribution in [0.4, 0.5) is 34.1 Å². The molecule has 0 saturated heterocycles. The number of phenols is 4. The molecule has 12 rings (SSSR count). The van der Waals surface area contributed by atoms with Crippen LogP contribution in [0.2, 0.25) is 0 Å². The number of anilines is 6. The summed E-state index contributed by atoms with van der Waals surface area (Å²) in [6.07, 6.45) is 7.12. The van der Waals surface area contributed by atoms with Gasteiger partial charge >= 0.3 is 0 Å². The highest BCUT2D eigenvalue weighted by molar-refractivity contribution is 7.93. The second kappa shape index (κ2) is 29.7. The van der Waals surface area contributed by atoms with E-state index in [0.717, 1.165) is 65.8 Å². The van der Waals surface area contributed by atoms with Gasteiger partial charge in [-0.05, 0) is 127 Å². The third-order valence-corrected chi connectivity index (χ3v) is 22.6. The molecule has 0 unspecified atom stereocenters. The number of sulfonamides is 6. The van der Waals surface area contributed by atoms with E-state index in [1.54, 1.807) is 36.4 Å². The largest absolute Gasteiger partial charge is 0.507 e. The first-order valence-electron chi connectivity index (χ1n) is 32.5.